The van der Waals surface area contributed by atoms with Gasteiger partial charge in [0, 0.05) is 5.92 Å². The first-order valence-corrected chi connectivity index (χ1v) is 6.57. The fourth-order valence-corrected chi connectivity index (χ4v) is 3.15. The molecule has 1 unspecified atom stereocenters. The lowest BCUT2D eigenvalue weighted by Gasteiger charge is -1.95. The molecule has 68 valence electrons. The average Bonchev–Trinajstić information content (AvgIpc) is 2.30. The van der Waals surface area contributed by atoms with Crippen molar-refractivity contribution < 1.29 is 0 Å². The summed E-state index contributed by atoms with van der Waals surface area (Å²) in [7, 11) is 0.120. The minimum Gasteiger partial charge on any atom is -0.245 e. The quantitative estimate of drug-likeness (QED) is 0.669. The number of hydrogen-bond acceptors (Lipinski definition) is 2. The van der Waals surface area contributed by atoms with Crippen LogP contribution in [-0.4, -0.2) is 17.1 Å². The van der Waals surface area contributed by atoms with Crippen molar-refractivity contribution in [2.24, 2.45) is 0 Å². The van der Waals surface area contributed by atoms with Gasteiger partial charge in [-0.2, -0.15) is 10.5 Å². The Bertz CT molecular complexity index is 299. The van der Waals surface area contributed by atoms with Gasteiger partial charge in [0.05, 0.1) is 14.9 Å². The molecule has 0 aliphatic rings. The fourth-order valence-electron chi connectivity index (χ4n) is 0.973. The summed E-state index contributed by atoms with van der Waals surface area (Å²) < 4.78 is 1.36. The van der Waals surface area contributed by atoms with E-state index < -0.39 is 0 Å². The summed E-state index contributed by atoms with van der Waals surface area (Å²) in [5.41, 5.74) is 1.17. The van der Waals surface area contributed by atoms with Gasteiger partial charge < -0.3 is 0 Å². The molecule has 0 aliphatic carbocycles. The molecule has 1 aromatic heterocycles. The van der Waals surface area contributed by atoms with Crippen LogP contribution in [0.25, 0.3) is 0 Å². The molecule has 3 heteroatoms. The summed E-state index contributed by atoms with van der Waals surface area (Å²) >= 11 is 1.81. The lowest BCUT2D eigenvalue weighted by Crippen LogP contribution is -1.84. The van der Waals surface area contributed by atoms with Crippen molar-refractivity contribution in [3.63, 3.8) is 0 Å². The van der Waals surface area contributed by atoms with Crippen LogP contribution in [0.4, 0.5) is 0 Å². The number of aromatic nitrogens is 1. The Morgan fingerprint density at radius 2 is 2.08 bits per heavy atom. The van der Waals surface area contributed by atoms with Crippen molar-refractivity contribution in [3.8, 4) is 0 Å². The zero-order chi connectivity index (χ0) is 9.30. The van der Waals surface area contributed by atoms with Crippen molar-refractivity contribution >= 4 is 27.7 Å². The number of thiazole rings is 1. The van der Waals surface area contributed by atoms with Gasteiger partial charge in [0.2, 0.25) is 0 Å². The van der Waals surface area contributed by atoms with Crippen molar-refractivity contribution in [1.82, 2.24) is 4.98 Å². The van der Waals surface area contributed by atoms with Gasteiger partial charge in [-0.15, -0.1) is 11.3 Å². The molecule has 0 radical (unpaired) electrons. The summed E-state index contributed by atoms with van der Waals surface area (Å²) in [5, 5.41) is 1.24. The Hall–Kier alpha value is -0.150. The van der Waals surface area contributed by atoms with E-state index in [0.29, 0.717) is 5.92 Å². The SMILES string of the molecule is C=S(C)c1sc(C(C)C)nc1C. The van der Waals surface area contributed by atoms with Gasteiger partial charge in [0.1, 0.15) is 0 Å². The molecule has 0 spiro atoms. The zero-order valence-corrected chi connectivity index (χ0v) is 9.68. The first-order valence-electron chi connectivity index (χ1n) is 3.95. The van der Waals surface area contributed by atoms with E-state index in [2.05, 4.69) is 37.9 Å². The molecular formula is C9H15NS2. The van der Waals surface area contributed by atoms with Crippen LogP contribution in [0.5, 0.6) is 0 Å². The molecule has 0 aliphatic heterocycles. The van der Waals surface area contributed by atoms with Gasteiger partial charge in [-0.25, -0.2) is 4.98 Å². The van der Waals surface area contributed by atoms with Crippen molar-refractivity contribution in [2.45, 2.75) is 30.9 Å². The Morgan fingerprint density at radius 3 is 2.33 bits per heavy atom. The minimum absolute atomic E-state index is 0.120. The first-order chi connectivity index (χ1) is 5.52. The summed E-state index contributed by atoms with van der Waals surface area (Å²) in [6, 6.07) is 0. The second-order valence-electron chi connectivity index (χ2n) is 3.22. The summed E-state index contributed by atoms with van der Waals surface area (Å²) in [4.78, 5) is 4.52. The van der Waals surface area contributed by atoms with Crippen LogP contribution in [0, 0.1) is 6.92 Å². The second kappa shape index (κ2) is 3.71. The highest BCUT2D eigenvalue weighted by Gasteiger charge is 2.09. The van der Waals surface area contributed by atoms with Crippen LogP contribution in [0.1, 0.15) is 30.5 Å². The van der Waals surface area contributed by atoms with Gasteiger partial charge >= 0.3 is 0 Å². The highest BCUT2D eigenvalue weighted by Crippen LogP contribution is 2.33. The molecule has 1 heterocycles. The van der Waals surface area contributed by atoms with E-state index in [1.807, 2.05) is 11.3 Å². The van der Waals surface area contributed by atoms with Gasteiger partial charge in [0.15, 0.2) is 0 Å². The Morgan fingerprint density at radius 1 is 1.50 bits per heavy atom. The second-order valence-corrected chi connectivity index (χ2v) is 6.19. The van der Waals surface area contributed by atoms with Gasteiger partial charge in [-0.3, -0.25) is 0 Å². The van der Waals surface area contributed by atoms with Crippen LogP contribution in [0.2, 0.25) is 0 Å². The third-order valence-electron chi connectivity index (χ3n) is 1.58. The third kappa shape index (κ3) is 1.96. The Labute approximate surface area is 80.8 Å². The van der Waals surface area contributed by atoms with Crippen molar-refractivity contribution in [1.29, 1.82) is 0 Å². The van der Waals surface area contributed by atoms with E-state index >= 15 is 0 Å². The number of rotatable bonds is 2. The molecule has 0 N–H and O–H groups in total. The largest absolute Gasteiger partial charge is 0.245 e. The smallest absolute Gasteiger partial charge is 0.0965 e. The van der Waals surface area contributed by atoms with E-state index in [1.54, 1.807) is 0 Å². The zero-order valence-electron chi connectivity index (χ0n) is 8.05. The maximum atomic E-state index is 4.52. The fraction of sp³-hybridized carbons (Fsp3) is 0.556. The topological polar surface area (TPSA) is 12.9 Å². The molecule has 1 rings (SSSR count). The molecule has 0 fully saturated rings. The lowest BCUT2D eigenvalue weighted by molar-refractivity contribution is 0.846. The lowest BCUT2D eigenvalue weighted by atomic mass is 10.2. The van der Waals surface area contributed by atoms with Gasteiger partial charge in [0.25, 0.3) is 0 Å². The Kier molecular flexibility index (Phi) is 3.07. The van der Waals surface area contributed by atoms with E-state index in [4.69, 9.17) is 0 Å². The van der Waals surface area contributed by atoms with Gasteiger partial charge in [-0.1, -0.05) is 19.7 Å². The molecular weight excluding hydrogens is 186 g/mol. The predicted octanol–water partition coefficient (Wildman–Crippen LogP) is 3.26. The van der Waals surface area contributed by atoms with Gasteiger partial charge in [-0.05, 0) is 13.2 Å². The maximum absolute atomic E-state index is 4.52. The molecule has 0 saturated heterocycles. The van der Waals surface area contributed by atoms with E-state index in [1.165, 1.54) is 14.9 Å². The molecule has 12 heavy (non-hydrogen) atoms. The van der Waals surface area contributed by atoms with Crippen LogP contribution in [-0.2, 0) is 0 Å². The monoisotopic (exact) mass is 201 g/mol. The van der Waals surface area contributed by atoms with Crippen LogP contribution in [0.15, 0.2) is 4.21 Å². The van der Waals surface area contributed by atoms with E-state index in [0.717, 1.165) is 0 Å². The molecule has 0 saturated carbocycles. The number of aryl methyl sites for hydroxylation is 1. The molecule has 1 nitrogen and oxygen atoms in total. The molecule has 1 atom stereocenters. The normalized spacial score (nSPS) is 13.8. The van der Waals surface area contributed by atoms with E-state index in [-0.39, 0.29) is 10.5 Å². The molecule has 0 aromatic carbocycles. The van der Waals surface area contributed by atoms with Crippen molar-refractivity contribution in [2.75, 3.05) is 6.26 Å². The third-order valence-corrected chi connectivity index (χ3v) is 4.87. The highest BCUT2D eigenvalue weighted by molar-refractivity contribution is 8.15. The maximum Gasteiger partial charge on any atom is 0.0965 e. The number of nitrogens with zero attached hydrogens (tertiary/aromatic N) is 1. The standard InChI is InChI=1S/C9H15NS2/c1-6(2)8-10-7(3)9(11-8)12(4)5/h6H,4H2,1-3,5H3. The summed E-state index contributed by atoms with van der Waals surface area (Å²) in [6.07, 6.45) is 2.14. The van der Waals surface area contributed by atoms with Crippen molar-refractivity contribution in [3.05, 3.63) is 10.7 Å². The van der Waals surface area contributed by atoms with E-state index in [9.17, 15) is 0 Å². The van der Waals surface area contributed by atoms with Crippen LogP contribution >= 0.6 is 21.8 Å². The predicted molar refractivity (Wildman–Crippen MR) is 59.8 cm³/mol. The molecule has 1 aromatic rings. The first kappa shape index (κ1) is 9.93. The number of hydrogen-bond donors (Lipinski definition) is 0. The average molecular weight is 201 g/mol. The summed E-state index contributed by atoms with van der Waals surface area (Å²) in [5.74, 6) is 4.59. The highest BCUT2D eigenvalue weighted by atomic mass is 32.2. The minimum atomic E-state index is 0.120. The molecule has 0 amide bonds. The Balaban J connectivity index is 3.09. The molecule has 0 bridgehead atoms. The van der Waals surface area contributed by atoms with Crippen LogP contribution in [0.3, 0.4) is 0 Å². The summed E-state index contributed by atoms with van der Waals surface area (Å²) in [6.45, 7) is 6.43. The van der Waals surface area contributed by atoms with Crippen LogP contribution < -0.4 is 0 Å².